The number of H-pyrrole nitrogens is 1. The number of ether oxygens (including phenoxy) is 5. The van der Waals surface area contributed by atoms with Crippen LogP contribution in [0.15, 0.2) is 94.6 Å². The van der Waals surface area contributed by atoms with Crippen LogP contribution in [0.5, 0.6) is 11.5 Å². The molecule has 44 heavy (non-hydrogen) atoms. The van der Waals surface area contributed by atoms with Gasteiger partial charge in [0.15, 0.2) is 0 Å². The Morgan fingerprint density at radius 3 is 2.07 bits per heavy atom. The molecule has 0 aliphatic carbocycles. The van der Waals surface area contributed by atoms with Crippen molar-refractivity contribution in [3.63, 3.8) is 0 Å². The SMILES string of the molecule is COc1ccc(C(OC[C@@]23OC[C@H](C)[C@@H]([C@H](n4cc(C)c(=O)[nH]c4=O)O2)[C@@H]3O)(c2ccccc2)c2ccc(OC)cc2)cc1. The third-order valence-electron chi connectivity index (χ3n) is 8.80. The lowest BCUT2D eigenvalue weighted by atomic mass is 9.79. The van der Waals surface area contributed by atoms with Crippen LogP contribution in [0.1, 0.15) is 35.4 Å². The van der Waals surface area contributed by atoms with Crippen molar-refractivity contribution in [1.82, 2.24) is 9.55 Å². The standard InChI is InChI=1S/C34H36N2O8/c1-21-18-36(32(39)35-30(21)38)31-28-22(2)19-42-33(44-31,29(28)37)20-43-34(23-8-6-5-7-9-23,24-10-14-26(40-3)15-11-24)25-12-16-27(41-4)17-13-25/h5-18,22,28-29,31,37H,19-20H2,1-4H3,(H,35,38,39)/t22-,28+,29-,31+,33+/m0/s1. The molecule has 3 heterocycles. The van der Waals surface area contributed by atoms with Gasteiger partial charge in [0.2, 0.25) is 5.79 Å². The van der Waals surface area contributed by atoms with Gasteiger partial charge in [0.25, 0.3) is 5.56 Å². The fraction of sp³-hybridized carbons (Fsp3) is 0.353. The highest BCUT2D eigenvalue weighted by molar-refractivity contribution is 5.49. The van der Waals surface area contributed by atoms with Crippen LogP contribution >= 0.6 is 0 Å². The number of aromatic nitrogens is 2. The first-order chi connectivity index (χ1) is 21.2. The van der Waals surface area contributed by atoms with Crippen LogP contribution < -0.4 is 20.7 Å². The molecule has 0 spiro atoms. The topological polar surface area (TPSA) is 121 Å². The minimum atomic E-state index is -1.59. The normalized spacial score (nSPS) is 24.7. The van der Waals surface area contributed by atoms with E-state index in [1.54, 1.807) is 21.1 Å². The van der Waals surface area contributed by atoms with E-state index in [0.717, 1.165) is 16.7 Å². The van der Waals surface area contributed by atoms with E-state index in [-0.39, 0.29) is 19.1 Å². The van der Waals surface area contributed by atoms with Gasteiger partial charge in [-0.05, 0) is 53.8 Å². The van der Waals surface area contributed by atoms with Gasteiger partial charge in [-0.2, -0.15) is 0 Å². The summed E-state index contributed by atoms with van der Waals surface area (Å²) < 4.78 is 32.0. The highest BCUT2D eigenvalue weighted by atomic mass is 16.7. The van der Waals surface area contributed by atoms with E-state index in [2.05, 4.69) is 4.98 Å². The zero-order chi connectivity index (χ0) is 31.1. The Morgan fingerprint density at radius 2 is 1.50 bits per heavy atom. The number of hydrogen-bond acceptors (Lipinski definition) is 8. The minimum Gasteiger partial charge on any atom is -0.497 e. The molecule has 2 saturated heterocycles. The lowest BCUT2D eigenvalue weighted by Gasteiger charge is -2.42. The summed E-state index contributed by atoms with van der Waals surface area (Å²) in [7, 11) is 3.22. The van der Waals surface area contributed by atoms with Crippen LogP contribution in [0.25, 0.3) is 0 Å². The maximum absolute atomic E-state index is 12.9. The monoisotopic (exact) mass is 600 g/mol. The molecule has 2 bridgehead atoms. The zero-order valence-electron chi connectivity index (χ0n) is 25.1. The molecule has 10 heteroatoms. The maximum Gasteiger partial charge on any atom is 0.330 e. The molecule has 230 valence electrons. The molecule has 0 radical (unpaired) electrons. The molecule has 4 aromatic rings. The number of aliphatic hydroxyl groups is 1. The Labute approximate surface area is 254 Å². The van der Waals surface area contributed by atoms with Gasteiger partial charge in [-0.3, -0.25) is 14.3 Å². The van der Waals surface area contributed by atoms with Crippen LogP contribution in [0.2, 0.25) is 0 Å². The number of aliphatic hydroxyl groups excluding tert-OH is 1. The fourth-order valence-corrected chi connectivity index (χ4v) is 6.36. The molecule has 2 aliphatic rings. The molecule has 3 aromatic carbocycles. The first-order valence-corrected chi connectivity index (χ1v) is 14.5. The fourth-order valence-electron chi connectivity index (χ4n) is 6.36. The van der Waals surface area contributed by atoms with E-state index in [1.807, 2.05) is 85.8 Å². The second-order valence-corrected chi connectivity index (χ2v) is 11.4. The smallest absolute Gasteiger partial charge is 0.330 e. The van der Waals surface area contributed by atoms with Gasteiger partial charge in [0.05, 0.1) is 20.8 Å². The van der Waals surface area contributed by atoms with Gasteiger partial charge in [-0.1, -0.05) is 61.5 Å². The first-order valence-electron chi connectivity index (χ1n) is 14.5. The molecule has 2 fully saturated rings. The summed E-state index contributed by atoms with van der Waals surface area (Å²) in [5, 5.41) is 11.8. The summed E-state index contributed by atoms with van der Waals surface area (Å²) in [5.74, 6) is -0.856. The van der Waals surface area contributed by atoms with Gasteiger partial charge in [-0.15, -0.1) is 0 Å². The summed E-state index contributed by atoms with van der Waals surface area (Å²) in [6.07, 6.45) is -0.554. The van der Waals surface area contributed by atoms with Crippen molar-refractivity contribution in [3.8, 4) is 11.5 Å². The number of nitrogens with one attached hydrogen (secondary N) is 1. The molecular formula is C34H36N2O8. The van der Waals surface area contributed by atoms with Gasteiger partial charge < -0.3 is 28.8 Å². The second-order valence-electron chi connectivity index (χ2n) is 11.4. The molecule has 1 aromatic heterocycles. The van der Waals surface area contributed by atoms with Crippen molar-refractivity contribution in [1.29, 1.82) is 0 Å². The number of benzene rings is 3. The number of aromatic amines is 1. The Morgan fingerprint density at radius 1 is 0.932 bits per heavy atom. The third kappa shape index (κ3) is 4.93. The average molecular weight is 601 g/mol. The third-order valence-corrected chi connectivity index (χ3v) is 8.80. The Bertz CT molecular complexity index is 1670. The Balaban J connectivity index is 1.47. The van der Waals surface area contributed by atoms with Crippen molar-refractivity contribution in [2.75, 3.05) is 27.4 Å². The van der Waals surface area contributed by atoms with E-state index in [9.17, 15) is 14.7 Å². The predicted octanol–water partition coefficient (Wildman–Crippen LogP) is 3.74. The number of hydrogen-bond donors (Lipinski definition) is 2. The highest BCUT2D eigenvalue weighted by Crippen LogP contribution is 2.51. The summed E-state index contributed by atoms with van der Waals surface area (Å²) in [5.41, 5.74) is 0.537. The largest absolute Gasteiger partial charge is 0.497 e. The second kappa shape index (κ2) is 11.7. The van der Waals surface area contributed by atoms with E-state index in [1.165, 1.54) is 10.8 Å². The molecule has 0 unspecified atom stereocenters. The van der Waals surface area contributed by atoms with E-state index in [4.69, 9.17) is 23.7 Å². The molecule has 6 rings (SSSR count). The van der Waals surface area contributed by atoms with E-state index < -0.39 is 40.9 Å². The molecule has 10 nitrogen and oxygen atoms in total. The van der Waals surface area contributed by atoms with Crippen LogP contribution in [0.3, 0.4) is 0 Å². The Hall–Kier alpha value is -4.22. The van der Waals surface area contributed by atoms with Crippen molar-refractivity contribution in [2.45, 2.75) is 37.6 Å². The lowest BCUT2D eigenvalue weighted by Crippen LogP contribution is -2.55. The van der Waals surface area contributed by atoms with Crippen molar-refractivity contribution in [3.05, 3.63) is 128 Å². The summed E-state index contributed by atoms with van der Waals surface area (Å²) >= 11 is 0. The van der Waals surface area contributed by atoms with Crippen LogP contribution in [0.4, 0.5) is 0 Å². The van der Waals surface area contributed by atoms with Crippen LogP contribution in [0, 0.1) is 18.8 Å². The lowest BCUT2D eigenvalue weighted by molar-refractivity contribution is -0.302. The number of fused-ring (bicyclic) bond motifs is 2. The zero-order valence-corrected chi connectivity index (χ0v) is 25.1. The minimum absolute atomic E-state index is 0.146. The van der Waals surface area contributed by atoms with Crippen molar-refractivity contribution < 1.29 is 28.8 Å². The average Bonchev–Trinajstić information content (AvgIpc) is 3.24. The maximum atomic E-state index is 12.9. The summed E-state index contributed by atoms with van der Waals surface area (Å²) in [4.78, 5) is 27.4. The Kier molecular flexibility index (Phi) is 7.93. The van der Waals surface area contributed by atoms with Crippen molar-refractivity contribution in [2.24, 2.45) is 11.8 Å². The molecule has 0 amide bonds. The highest BCUT2D eigenvalue weighted by Gasteiger charge is 2.62. The van der Waals surface area contributed by atoms with Gasteiger partial charge in [0, 0.05) is 17.7 Å². The molecule has 5 atom stereocenters. The quantitative estimate of drug-likeness (QED) is 0.279. The first kappa shape index (κ1) is 29.8. The van der Waals surface area contributed by atoms with Gasteiger partial charge in [0.1, 0.15) is 36.0 Å². The van der Waals surface area contributed by atoms with Gasteiger partial charge in [-0.25, -0.2) is 4.79 Å². The van der Waals surface area contributed by atoms with E-state index in [0.29, 0.717) is 17.1 Å². The number of nitrogens with zero attached hydrogens (tertiary/aromatic N) is 1. The van der Waals surface area contributed by atoms with Crippen molar-refractivity contribution >= 4 is 0 Å². The van der Waals surface area contributed by atoms with E-state index >= 15 is 0 Å². The number of methoxy groups -OCH3 is 2. The number of rotatable bonds is 9. The molecular weight excluding hydrogens is 564 g/mol. The number of aryl methyl sites for hydroxylation is 1. The predicted molar refractivity (Wildman–Crippen MR) is 162 cm³/mol. The molecule has 0 saturated carbocycles. The molecule has 2 N–H and O–H groups in total. The van der Waals surface area contributed by atoms with Crippen LogP contribution in [-0.4, -0.2) is 54.0 Å². The summed E-state index contributed by atoms with van der Waals surface area (Å²) in [6.45, 7) is 3.65. The molecule has 2 aliphatic heterocycles. The van der Waals surface area contributed by atoms with Gasteiger partial charge >= 0.3 is 5.69 Å². The summed E-state index contributed by atoms with van der Waals surface area (Å²) in [6, 6.07) is 25.0. The van der Waals surface area contributed by atoms with Crippen LogP contribution in [-0.2, 0) is 19.8 Å².